The van der Waals surface area contributed by atoms with Crippen LogP contribution in [0.15, 0.2) is 54.6 Å². The molecule has 0 bridgehead atoms. The molecule has 4 aromatic rings. The highest BCUT2D eigenvalue weighted by Crippen LogP contribution is 2.27. The smallest absolute Gasteiger partial charge is 0.234 e. The predicted octanol–water partition coefficient (Wildman–Crippen LogP) is 3.99. The Morgan fingerprint density at radius 3 is 2.54 bits per heavy atom. The minimum atomic E-state index is 0.566. The zero-order valence-electron chi connectivity index (χ0n) is 13.2. The SMILES string of the molecule is CCc1nnc2sc(-c3ccc(OCc4ccccc4)cc3)nn12. The van der Waals surface area contributed by atoms with Gasteiger partial charge in [0.25, 0.3) is 0 Å². The van der Waals surface area contributed by atoms with Gasteiger partial charge in [-0.3, -0.25) is 0 Å². The summed E-state index contributed by atoms with van der Waals surface area (Å²) in [7, 11) is 0. The van der Waals surface area contributed by atoms with Crippen LogP contribution in [0.25, 0.3) is 15.5 Å². The first-order chi connectivity index (χ1) is 11.8. The second-order valence-electron chi connectivity index (χ2n) is 5.37. The molecule has 2 aromatic carbocycles. The summed E-state index contributed by atoms with van der Waals surface area (Å²) in [6, 6.07) is 18.1. The molecule has 0 unspecified atom stereocenters. The predicted molar refractivity (Wildman–Crippen MR) is 94.2 cm³/mol. The van der Waals surface area contributed by atoms with Crippen LogP contribution in [0.5, 0.6) is 5.75 Å². The highest BCUT2D eigenvalue weighted by Gasteiger charge is 2.11. The van der Waals surface area contributed by atoms with E-state index in [1.807, 2.05) is 53.9 Å². The molecule has 0 fully saturated rings. The zero-order valence-corrected chi connectivity index (χ0v) is 14.0. The minimum Gasteiger partial charge on any atom is -0.489 e. The third-order valence-corrected chi connectivity index (χ3v) is 4.67. The van der Waals surface area contributed by atoms with Gasteiger partial charge in [0.05, 0.1) is 0 Å². The lowest BCUT2D eigenvalue weighted by molar-refractivity contribution is 0.306. The summed E-state index contributed by atoms with van der Waals surface area (Å²) in [6.07, 6.45) is 0.816. The summed E-state index contributed by atoms with van der Waals surface area (Å²) in [4.78, 5) is 0.825. The Balaban J connectivity index is 1.51. The van der Waals surface area contributed by atoms with Crippen molar-refractivity contribution in [2.75, 3.05) is 0 Å². The van der Waals surface area contributed by atoms with E-state index in [2.05, 4.69) is 27.4 Å². The third kappa shape index (κ3) is 2.88. The lowest BCUT2D eigenvalue weighted by Crippen LogP contribution is -1.95. The van der Waals surface area contributed by atoms with E-state index in [0.29, 0.717) is 6.61 Å². The quantitative estimate of drug-likeness (QED) is 0.553. The lowest BCUT2D eigenvalue weighted by Gasteiger charge is -2.06. The van der Waals surface area contributed by atoms with Crippen molar-refractivity contribution in [1.82, 2.24) is 19.8 Å². The maximum absolute atomic E-state index is 5.82. The van der Waals surface area contributed by atoms with Crippen LogP contribution in [0.2, 0.25) is 0 Å². The highest BCUT2D eigenvalue weighted by molar-refractivity contribution is 7.19. The van der Waals surface area contributed by atoms with Crippen LogP contribution in [0.4, 0.5) is 0 Å². The van der Waals surface area contributed by atoms with Crippen LogP contribution >= 0.6 is 11.3 Å². The second kappa shape index (κ2) is 6.41. The Morgan fingerprint density at radius 1 is 1.00 bits per heavy atom. The molecule has 0 radical (unpaired) electrons. The van der Waals surface area contributed by atoms with E-state index in [0.717, 1.165) is 39.1 Å². The number of benzene rings is 2. The van der Waals surface area contributed by atoms with E-state index in [-0.39, 0.29) is 0 Å². The Labute approximate surface area is 143 Å². The number of hydrogen-bond donors (Lipinski definition) is 0. The summed E-state index contributed by atoms with van der Waals surface area (Å²) in [5, 5.41) is 13.8. The fourth-order valence-corrected chi connectivity index (χ4v) is 3.29. The molecule has 24 heavy (non-hydrogen) atoms. The van der Waals surface area contributed by atoms with Crippen LogP contribution in [0, 0.1) is 0 Å². The van der Waals surface area contributed by atoms with Crippen molar-refractivity contribution in [3.63, 3.8) is 0 Å². The summed E-state index contributed by atoms with van der Waals surface area (Å²) in [6.45, 7) is 2.62. The first-order valence-corrected chi connectivity index (χ1v) is 8.63. The van der Waals surface area contributed by atoms with E-state index < -0.39 is 0 Å². The maximum Gasteiger partial charge on any atom is 0.234 e. The van der Waals surface area contributed by atoms with Gasteiger partial charge in [0.2, 0.25) is 4.96 Å². The Hall–Kier alpha value is -2.73. The monoisotopic (exact) mass is 336 g/mol. The minimum absolute atomic E-state index is 0.566. The van der Waals surface area contributed by atoms with Crippen molar-refractivity contribution in [1.29, 1.82) is 0 Å². The van der Waals surface area contributed by atoms with Gasteiger partial charge in [-0.1, -0.05) is 48.6 Å². The Kier molecular flexibility index (Phi) is 3.96. The number of rotatable bonds is 5. The average molecular weight is 336 g/mol. The summed E-state index contributed by atoms with van der Waals surface area (Å²) >= 11 is 1.54. The van der Waals surface area contributed by atoms with Gasteiger partial charge in [0, 0.05) is 12.0 Å². The number of hydrogen-bond acceptors (Lipinski definition) is 5. The molecule has 0 aliphatic heterocycles. The van der Waals surface area contributed by atoms with Crippen molar-refractivity contribution in [2.45, 2.75) is 20.0 Å². The molecule has 5 nitrogen and oxygen atoms in total. The van der Waals surface area contributed by atoms with Crippen molar-refractivity contribution in [3.8, 4) is 16.3 Å². The van der Waals surface area contributed by atoms with Gasteiger partial charge in [-0.25, -0.2) is 0 Å². The number of aryl methyl sites for hydroxylation is 1. The normalized spacial score (nSPS) is 11.0. The lowest BCUT2D eigenvalue weighted by atomic mass is 10.2. The zero-order chi connectivity index (χ0) is 16.4. The summed E-state index contributed by atoms with van der Waals surface area (Å²) in [5.74, 6) is 1.73. The van der Waals surface area contributed by atoms with E-state index in [4.69, 9.17) is 4.74 Å². The third-order valence-electron chi connectivity index (χ3n) is 3.72. The topological polar surface area (TPSA) is 52.3 Å². The molecule has 0 saturated heterocycles. The van der Waals surface area contributed by atoms with Crippen LogP contribution in [0.1, 0.15) is 18.3 Å². The molecule has 0 aliphatic carbocycles. The number of fused-ring (bicyclic) bond motifs is 1. The number of nitrogens with zero attached hydrogens (tertiary/aromatic N) is 4. The average Bonchev–Trinajstić information content (AvgIpc) is 3.22. The van der Waals surface area contributed by atoms with Crippen molar-refractivity contribution >= 4 is 16.3 Å². The summed E-state index contributed by atoms with van der Waals surface area (Å²) in [5.41, 5.74) is 2.21. The van der Waals surface area contributed by atoms with Gasteiger partial charge in [0.1, 0.15) is 17.4 Å². The van der Waals surface area contributed by atoms with Crippen LogP contribution in [0.3, 0.4) is 0 Å². The fourth-order valence-electron chi connectivity index (χ4n) is 2.43. The van der Waals surface area contributed by atoms with Gasteiger partial charge in [-0.15, -0.1) is 10.2 Å². The molecule has 2 aromatic heterocycles. The van der Waals surface area contributed by atoms with Crippen molar-refractivity contribution < 1.29 is 4.74 Å². The molecule has 2 heterocycles. The van der Waals surface area contributed by atoms with Crippen molar-refractivity contribution in [2.24, 2.45) is 0 Å². The van der Waals surface area contributed by atoms with E-state index in [9.17, 15) is 0 Å². The largest absolute Gasteiger partial charge is 0.489 e. The van der Waals surface area contributed by atoms with Gasteiger partial charge in [-0.2, -0.15) is 9.61 Å². The van der Waals surface area contributed by atoms with Crippen LogP contribution in [-0.2, 0) is 13.0 Å². The molecular formula is C18H16N4OS. The van der Waals surface area contributed by atoms with Gasteiger partial charge >= 0.3 is 0 Å². The van der Waals surface area contributed by atoms with Crippen molar-refractivity contribution in [3.05, 3.63) is 66.0 Å². The standard InChI is InChI=1S/C18H16N4OS/c1-2-16-19-20-18-22(16)21-17(24-18)14-8-10-15(11-9-14)23-12-13-6-4-3-5-7-13/h3-11H,2,12H2,1H3. The Morgan fingerprint density at radius 2 is 1.79 bits per heavy atom. The second-order valence-corrected chi connectivity index (χ2v) is 6.33. The highest BCUT2D eigenvalue weighted by atomic mass is 32.1. The molecular weight excluding hydrogens is 320 g/mol. The first-order valence-electron chi connectivity index (χ1n) is 7.82. The number of ether oxygens (including phenoxy) is 1. The van der Waals surface area contributed by atoms with Gasteiger partial charge in [-0.05, 0) is 29.8 Å². The molecule has 4 rings (SSSR count). The molecule has 0 saturated carbocycles. The van der Waals surface area contributed by atoms with Crippen LogP contribution < -0.4 is 4.74 Å². The molecule has 0 spiro atoms. The molecule has 6 heteroatoms. The van der Waals surface area contributed by atoms with Crippen LogP contribution in [-0.4, -0.2) is 19.8 Å². The van der Waals surface area contributed by atoms with E-state index in [1.54, 1.807) is 11.3 Å². The molecule has 0 aliphatic rings. The van der Waals surface area contributed by atoms with Gasteiger partial charge in [0.15, 0.2) is 5.82 Å². The van der Waals surface area contributed by atoms with E-state index >= 15 is 0 Å². The molecule has 120 valence electrons. The van der Waals surface area contributed by atoms with E-state index in [1.165, 1.54) is 0 Å². The summed E-state index contributed by atoms with van der Waals surface area (Å²) < 4.78 is 7.64. The maximum atomic E-state index is 5.82. The molecule has 0 amide bonds. The number of aromatic nitrogens is 4. The fraction of sp³-hybridized carbons (Fsp3) is 0.167. The molecule has 0 atom stereocenters. The molecule has 0 N–H and O–H groups in total. The first kappa shape index (κ1) is 14.8. The van der Waals surface area contributed by atoms with Gasteiger partial charge < -0.3 is 4.74 Å². The Bertz CT molecular complexity index is 944.